The van der Waals surface area contributed by atoms with Crippen molar-refractivity contribution in [2.75, 3.05) is 0 Å². The van der Waals surface area contributed by atoms with Crippen molar-refractivity contribution in [2.45, 2.75) is 60.8 Å². The number of aryl methyl sites for hydroxylation is 2. The molecule has 0 radical (unpaired) electrons. The van der Waals surface area contributed by atoms with Crippen molar-refractivity contribution in [1.82, 2.24) is 9.78 Å². The van der Waals surface area contributed by atoms with Crippen LogP contribution in [0.15, 0.2) is 24.3 Å². The third-order valence-electron chi connectivity index (χ3n) is 3.93. The quantitative estimate of drug-likeness (QED) is 0.742. The lowest BCUT2D eigenvalue weighted by Gasteiger charge is -2.17. The SMILES string of the molecule is CCCc1cc(OC(=O)CC(C)(C)C)n(-c2cccc(C)c2C)n1. The van der Waals surface area contributed by atoms with E-state index in [0.29, 0.717) is 12.3 Å². The van der Waals surface area contributed by atoms with E-state index in [1.807, 2.05) is 39.0 Å². The molecule has 2 aromatic rings. The van der Waals surface area contributed by atoms with Crippen LogP contribution in [0.25, 0.3) is 5.69 Å². The molecule has 0 aliphatic carbocycles. The molecule has 0 atom stereocenters. The minimum atomic E-state index is -0.225. The Labute approximate surface area is 144 Å². The maximum atomic E-state index is 12.3. The van der Waals surface area contributed by atoms with Crippen LogP contribution in [0.4, 0.5) is 0 Å². The Bertz CT molecular complexity index is 724. The van der Waals surface area contributed by atoms with Gasteiger partial charge in [-0.05, 0) is 42.9 Å². The summed E-state index contributed by atoms with van der Waals surface area (Å²) in [6.07, 6.45) is 2.23. The highest BCUT2D eigenvalue weighted by molar-refractivity contribution is 5.73. The van der Waals surface area contributed by atoms with E-state index in [1.54, 1.807) is 4.68 Å². The number of aromatic nitrogens is 2. The van der Waals surface area contributed by atoms with Crippen LogP contribution >= 0.6 is 0 Å². The van der Waals surface area contributed by atoms with Crippen LogP contribution in [0.5, 0.6) is 5.88 Å². The molecule has 1 aromatic carbocycles. The summed E-state index contributed by atoms with van der Waals surface area (Å²) in [5.74, 6) is 0.276. The Hall–Kier alpha value is -2.10. The largest absolute Gasteiger partial charge is 0.407 e. The molecule has 4 nitrogen and oxygen atoms in total. The lowest BCUT2D eigenvalue weighted by Crippen LogP contribution is -2.19. The van der Waals surface area contributed by atoms with Crippen LogP contribution in [0.2, 0.25) is 0 Å². The first kappa shape index (κ1) is 18.2. The monoisotopic (exact) mass is 328 g/mol. The zero-order valence-corrected chi connectivity index (χ0v) is 15.6. The number of ether oxygens (including phenoxy) is 1. The third kappa shape index (κ3) is 4.47. The van der Waals surface area contributed by atoms with Gasteiger partial charge in [0.15, 0.2) is 0 Å². The van der Waals surface area contributed by atoms with Gasteiger partial charge in [-0.25, -0.2) is 4.68 Å². The number of hydrogen-bond donors (Lipinski definition) is 0. The summed E-state index contributed by atoms with van der Waals surface area (Å²) in [6.45, 7) is 12.3. The van der Waals surface area contributed by atoms with Crippen LogP contribution in [0.3, 0.4) is 0 Å². The molecule has 1 heterocycles. The molecule has 0 saturated carbocycles. The highest BCUT2D eigenvalue weighted by Gasteiger charge is 2.21. The second-order valence-electron chi connectivity index (χ2n) is 7.57. The third-order valence-corrected chi connectivity index (χ3v) is 3.93. The number of esters is 1. The number of rotatable bonds is 5. The van der Waals surface area contributed by atoms with Gasteiger partial charge in [-0.2, -0.15) is 5.10 Å². The van der Waals surface area contributed by atoms with Gasteiger partial charge in [-0.1, -0.05) is 46.2 Å². The van der Waals surface area contributed by atoms with Crippen LogP contribution in [0.1, 0.15) is 57.4 Å². The molecule has 0 unspecified atom stereocenters. The summed E-state index contributed by atoms with van der Waals surface area (Å²) in [7, 11) is 0. The van der Waals surface area contributed by atoms with Crippen molar-refractivity contribution in [3.63, 3.8) is 0 Å². The van der Waals surface area contributed by atoms with Gasteiger partial charge in [0.1, 0.15) is 0 Å². The van der Waals surface area contributed by atoms with E-state index in [-0.39, 0.29) is 11.4 Å². The van der Waals surface area contributed by atoms with Gasteiger partial charge in [0.25, 0.3) is 0 Å². The molecule has 4 heteroatoms. The minimum absolute atomic E-state index is 0.104. The Morgan fingerprint density at radius 1 is 1.25 bits per heavy atom. The van der Waals surface area contributed by atoms with Crippen molar-refractivity contribution in [1.29, 1.82) is 0 Å². The maximum Gasteiger partial charge on any atom is 0.313 e. The molecular formula is C20H28N2O2. The van der Waals surface area contributed by atoms with Gasteiger partial charge in [-0.15, -0.1) is 0 Å². The molecule has 0 saturated heterocycles. The average molecular weight is 328 g/mol. The number of hydrogen-bond acceptors (Lipinski definition) is 3. The van der Waals surface area contributed by atoms with Gasteiger partial charge >= 0.3 is 5.97 Å². The molecule has 2 rings (SSSR count). The summed E-state index contributed by atoms with van der Waals surface area (Å²) < 4.78 is 7.42. The first-order valence-corrected chi connectivity index (χ1v) is 8.57. The van der Waals surface area contributed by atoms with Crippen LogP contribution in [-0.2, 0) is 11.2 Å². The second-order valence-corrected chi connectivity index (χ2v) is 7.57. The maximum absolute atomic E-state index is 12.3. The molecule has 0 aliphatic rings. The lowest BCUT2D eigenvalue weighted by molar-refractivity contribution is -0.136. The summed E-state index contributed by atoms with van der Waals surface area (Å²) >= 11 is 0. The molecule has 24 heavy (non-hydrogen) atoms. The molecule has 0 spiro atoms. The van der Waals surface area contributed by atoms with E-state index in [2.05, 4.69) is 31.9 Å². The number of carbonyl (C=O) groups excluding carboxylic acids is 1. The Kier molecular flexibility index (Phi) is 5.47. The van der Waals surface area contributed by atoms with Gasteiger partial charge < -0.3 is 4.74 Å². The zero-order chi connectivity index (χ0) is 17.9. The molecule has 0 amide bonds. The van der Waals surface area contributed by atoms with E-state index < -0.39 is 0 Å². The molecule has 0 aliphatic heterocycles. The smallest absolute Gasteiger partial charge is 0.313 e. The summed E-state index contributed by atoms with van der Waals surface area (Å²) in [5, 5.41) is 4.66. The second kappa shape index (κ2) is 7.20. The van der Waals surface area contributed by atoms with Crippen LogP contribution in [-0.4, -0.2) is 15.7 Å². The standard InChI is InChI=1S/C20H28N2O2/c1-7-9-16-12-18(24-19(23)13-20(4,5)6)22(21-16)17-11-8-10-14(2)15(17)3/h8,10-12H,7,9,13H2,1-6H3. The Morgan fingerprint density at radius 3 is 2.58 bits per heavy atom. The van der Waals surface area contributed by atoms with Crippen molar-refractivity contribution in [3.8, 4) is 11.6 Å². The van der Waals surface area contributed by atoms with E-state index >= 15 is 0 Å². The summed E-state index contributed by atoms with van der Waals surface area (Å²) in [5.41, 5.74) is 4.12. The van der Waals surface area contributed by atoms with E-state index in [0.717, 1.165) is 29.8 Å². The summed E-state index contributed by atoms with van der Waals surface area (Å²) in [4.78, 5) is 12.3. The topological polar surface area (TPSA) is 44.1 Å². The Balaban J connectivity index is 2.40. The number of benzene rings is 1. The van der Waals surface area contributed by atoms with E-state index in [9.17, 15) is 4.79 Å². The average Bonchev–Trinajstić information content (AvgIpc) is 2.82. The van der Waals surface area contributed by atoms with E-state index in [1.165, 1.54) is 5.56 Å². The van der Waals surface area contributed by atoms with Gasteiger partial charge in [0.05, 0.1) is 17.8 Å². The number of nitrogens with zero attached hydrogens (tertiary/aromatic N) is 2. The minimum Gasteiger partial charge on any atom is -0.407 e. The molecule has 130 valence electrons. The molecule has 0 bridgehead atoms. The predicted molar refractivity (Wildman–Crippen MR) is 96.7 cm³/mol. The van der Waals surface area contributed by atoms with E-state index in [4.69, 9.17) is 4.74 Å². The van der Waals surface area contributed by atoms with Crippen molar-refractivity contribution in [2.24, 2.45) is 5.41 Å². The lowest BCUT2D eigenvalue weighted by atomic mass is 9.92. The predicted octanol–water partition coefficient (Wildman–Crippen LogP) is 4.78. The first-order valence-electron chi connectivity index (χ1n) is 8.57. The summed E-state index contributed by atoms with van der Waals surface area (Å²) in [6, 6.07) is 7.96. The van der Waals surface area contributed by atoms with Gasteiger partial charge in [0.2, 0.25) is 5.88 Å². The van der Waals surface area contributed by atoms with Crippen LogP contribution in [0, 0.1) is 19.3 Å². The van der Waals surface area contributed by atoms with Gasteiger partial charge in [0, 0.05) is 6.07 Å². The number of carbonyl (C=O) groups is 1. The highest BCUT2D eigenvalue weighted by Crippen LogP contribution is 2.26. The molecule has 0 fully saturated rings. The fourth-order valence-electron chi connectivity index (χ4n) is 2.58. The fraction of sp³-hybridized carbons (Fsp3) is 0.500. The van der Waals surface area contributed by atoms with Crippen molar-refractivity contribution in [3.05, 3.63) is 41.1 Å². The molecular weight excluding hydrogens is 300 g/mol. The fourth-order valence-corrected chi connectivity index (χ4v) is 2.58. The van der Waals surface area contributed by atoms with Crippen molar-refractivity contribution >= 4 is 5.97 Å². The zero-order valence-electron chi connectivity index (χ0n) is 15.6. The van der Waals surface area contributed by atoms with Crippen LogP contribution < -0.4 is 4.74 Å². The normalized spacial score (nSPS) is 11.6. The van der Waals surface area contributed by atoms with Gasteiger partial charge in [-0.3, -0.25) is 4.79 Å². The van der Waals surface area contributed by atoms with Crippen molar-refractivity contribution < 1.29 is 9.53 Å². The highest BCUT2D eigenvalue weighted by atomic mass is 16.5. The molecule has 1 aromatic heterocycles. The first-order chi connectivity index (χ1) is 11.2. The Morgan fingerprint density at radius 2 is 1.96 bits per heavy atom. The molecule has 0 N–H and O–H groups in total.